The van der Waals surface area contributed by atoms with Gasteiger partial charge in [-0.05, 0) is 17.7 Å². The summed E-state index contributed by atoms with van der Waals surface area (Å²) in [5.74, 6) is 0.430. The third-order valence-corrected chi connectivity index (χ3v) is 4.78. The molecule has 0 spiro atoms. The fourth-order valence-corrected chi connectivity index (χ4v) is 3.12. The van der Waals surface area contributed by atoms with Gasteiger partial charge in [0.05, 0.1) is 17.8 Å². The van der Waals surface area contributed by atoms with Gasteiger partial charge in [0.2, 0.25) is 0 Å². The van der Waals surface area contributed by atoms with E-state index >= 15 is 0 Å². The van der Waals surface area contributed by atoms with Crippen LogP contribution in [0.2, 0.25) is 0 Å². The number of ether oxygens (including phenoxy) is 1. The maximum absolute atomic E-state index is 11.5. The van der Waals surface area contributed by atoms with Gasteiger partial charge in [0.25, 0.3) is 10.1 Å². The van der Waals surface area contributed by atoms with Crippen LogP contribution in [-0.4, -0.2) is 47.9 Å². The van der Waals surface area contributed by atoms with Crippen LogP contribution in [0.25, 0.3) is 0 Å². The Morgan fingerprint density at radius 3 is 2.23 bits per heavy atom. The second-order valence-electron chi connectivity index (χ2n) is 5.08. The van der Waals surface area contributed by atoms with Crippen molar-refractivity contribution in [2.45, 2.75) is 24.0 Å². The normalized spacial score (nSPS) is 22.2. The van der Waals surface area contributed by atoms with E-state index in [-0.39, 0.29) is 11.5 Å². The lowest BCUT2D eigenvalue weighted by atomic mass is 10.0. The number of rotatable bonds is 5. The molecular formula is C13H17NO6S2. The van der Waals surface area contributed by atoms with Gasteiger partial charge in [-0.1, -0.05) is 12.1 Å². The Morgan fingerprint density at radius 2 is 1.73 bits per heavy atom. The number of sulfone groups is 1. The molecule has 0 saturated carbocycles. The summed E-state index contributed by atoms with van der Waals surface area (Å²) in [4.78, 5) is 4.41. The first kappa shape index (κ1) is 16.9. The van der Waals surface area contributed by atoms with E-state index in [1.807, 2.05) is 0 Å². The molecule has 2 rings (SSSR count). The maximum atomic E-state index is 11.5. The summed E-state index contributed by atoms with van der Waals surface area (Å²) >= 11 is 0. The predicted octanol–water partition coefficient (Wildman–Crippen LogP) is 0.925. The minimum Gasteiger partial charge on any atom is -0.471 e. The van der Waals surface area contributed by atoms with Crippen molar-refractivity contribution in [1.82, 2.24) is 0 Å². The lowest BCUT2D eigenvalue weighted by Gasteiger charge is -2.17. The second kappa shape index (κ2) is 5.98. The highest BCUT2D eigenvalue weighted by Crippen LogP contribution is 2.30. The third kappa shape index (κ3) is 4.28. The third-order valence-electron chi connectivity index (χ3n) is 3.08. The number of hydrogen-bond acceptors (Lipinski definition) is 7. The second-order valence-corrected chi connectivity index (χ2v) is 8.74. The molecule has 0 bridgehead atoms. The minimum absolute atomic E-state index is 0.130. The molecule has 1 aliphatic rings. The van der Waals surface area contributed by atoms with Crippen LogP contribution in [0, 0.1) is 0 Å². The Bertz CT molecular complexity index is 780. The largest absolute Gasteiger partial charge is 0.471 e. The van der Waals surface area contributed by atoms with Crippen molar-refractivity contribution in [2.24, 2.45) is 4.99 Å². The van der Waals surface area contributed by atoms with Crippen molar-refractivity contribution in [1.29, 1.82) is 0 Å². The highest BCUT2D eigenvalue weighted by atomic mass is 32.2. The average Bonchev–Trinajstić information content (AvgIpc) is 2.76. The number of hydrogen-bond donors (Lipinski definition) is 0. The zero-order valence-corrected chi connectivity index (χ0v) is 14.0. The van der Waals surface area contributed by atoms with Crippen LogP contribution in [0.4, 0.5) is 0 Å². The van der Waals surface area contributed by atoms with Crippen molar-refractivity contribution < 1.29 is 25.8 Å². The van der Waals surface area contributed by atoms with E-state index in [1.54, 1.807) is 19.1 Å². The first-order chi connectivity index (χ1) is 10.1. The van der Waals surface area contributed by atoms with E-state index < -0.39 is 32.1 Å². The number of nitrogens with zero attached hydrogens (tertiary/aromatic N) is 1. The van der Waals surface area contributed by atoms with Gasteiger partial charge in [0.1, 0.15) is 12.1 Å². The van der Waals surface area contributed by atoms with Crippen LogP contribution in [-0.2, 0) is 28.9 Å². The molecule has 1 aliphatic heterocycles. The molecule has 1 aromatic carbocycles. The van der Waals surface area contributed by atoms with Gasteiger partial charge in [-0.25, -0.2) is 13.4 Å². The smallest absolute Gasteiger partial charge is 0.264 e. The van der Waals surface area contributed by atoms with Gasteiger partial charge in [-0.3, -0.25) is 4.18 Å². The first-order valence-corrected chi connectivity index (χ1v) is 10.1. The molecule has 0 saturated heterocycles. The number of aliphatic imine (C=N–C) groups is 1. The van der Waals surface area contributed by atoms with Gasteiger partial charge in [0.15, 0.2) is 15.7 Å². The summed E-state index contributed by atoms with van der Waals surface area (Å²) in [7, 11) is -6.84. The topological polar surface area (TPSA) is 99.1 Å². The summed E-state index contributed by atoms with van der Waals surface area (Å²) in [6, 6.07) is 5.72. The highest BCUT2D eigenvalue weighted by Gasteiger charge is 2.32. The Labute approximate surface area is 130 Å². The van der Waals surface area contributed by atoms with Crippen LogP contribution in [0.1, 0.15) is 18.6 Å². The lowest BCUT2D eigenvalue weighted by Crippen LogP contribution is -2.22. The SMILES string of the molecule is CC1=N[C@H](COS(C)(=O)=O)[C@@H](c2ccc(S(C)(=O)=O)cc2)O1. The molecule has 0 fully saturated rings. The van der Waals surface area contributed by atoms with Crippen molar-refractivity contribution in [3.63, 3.8) is 0 Å². The van der Waals surface area contributed by atoms with Crippen molar-refractivity contribution in [3.8, 4) is 0 Å². The van der Waals surface area contributed by atoms with Gasteiger partial charge in [0, 0.05) is 13.2 Å². The summed E-state index contributed by atoms with van der Waals surface area (Å²) in [6.45, 7) is 1.53. The molecule has 0 radical (unpaired) electrons. The molecule has 1 heterocycles. The molecule has 0 N–H and O–H groups in total. The molecular weight excluding hydrogens is 330 g/mol. The molecule has 0 aliphatic carbocycles. The van der Waals surface area contributed by atoms with E-state index in [0.717, 1.165) is 12.5 Å². The summed E-state index contributed by atoms with van der Waals surface area (Å²) in [5.41, 5.74) is 0.704. The van der Waals surface area contributed by atoms with Gasteiger partial charge >= 0.3 is 0 Å². The summed E-state index contributed by atoms with van der Waals surface area (Å²) in [5, 5.41) is 0. The molecule has 0 aromatic heterocycles. The van der Waals surface area contributed by atoms with E-state index in [2.05, 4.69) is 4.99 Å². The lowest BCUT2D eigenvalue weighted by molar-refractivity contribution is 0.161. The van der Waals surface area contributed by atoms with E-state index in [1.165, 1.54) is 12.1 Å². The fraction of sp³-hybridized carbons (Fsp3) is 0.462. The Hall–Kier alpha value is -1.45. The standard InChI is InChI=1S/C13H17NO6S2/c1-9-14-12(8-19-22(3,17)18)13(20-9)10-4-6-11(7-5-10)21(2,15)16/h4-7,12-13H,8H2,1-3H3/t12-,13-/m1/s1. The minimum atomic E-state index is -3.56. The van der Waals surface area contributed by atoms with Crippen LogP contribution in [0.3, 0.4) is 0 Å². The first-order valence-electron chi connectivity index (χ1n) is 6.42. The van der Waals surface area contributed by atoms with Crippen molar-refractivity contribution >= 4 is 25.9 Å². The molecule has 1 aromatic rings. The van der Waals surface area contributed by atoms with E-state index in [0.29, 0.717) is 11.5 Å². The van der Waals surface area contributed by atoms with Crippen molar-refractivity contribution in [2.75, 3.05) is 19.1 Å². The molecule has 122 valence electrons. The van der Waals surface area contributed by atoms with Crippen LogP contribution in [0.15, 0.2) is 34.2 Å². The highest BCUT2D eigenvalue weighted by molar-refractivity contribution is 7.90. The van der Waals surface area contributed by atoms with Gasteiger partial charge in [-0.15, -0.1) is 0 Å². The molecule has 2 atom stereocenters. The quantitative estimate of drug-likeness (QED) is 0.735. The zero-order valence-electron chi connectivity index (χ0n) is 12.4. The van der Waals surface area contributed by atoms with Crippen LogP contribution >= 0.6 is 0 Å². The average molecular weight is 347 g/mol. The Morgan fingerprint density at radius 1 is 1.14 bits per heavy atom. The molecule has 9 heteroatoms. The van der Waals surface area contributed by atoms with Crippen LogP contribution in [0.5, 0.6) is 0 Å². The molecule has 0 unspecified atom stereocenters. The van der Waals surface area contributed by atoms with E-state index in [9.17, 15) is 16.8 Å². The van der Waals surface area contributed by atoms with Gasteiger partial charge in [-0.2, -0.15) is 8.42 Å². The fourth-order valence-electron chi connectivity index (χ4n) is 2.11. The van der Waals surface area contributed by atoms with E-state index in [4.69, 9.17) is 8.92 Å². The van der Waals surface area contributed by atoms with Gasteiger partial charge < -0.3 is 4.74 Å². The summed E-state index contributed by atoms with van der Waals surface area (Å²) in [6.07, 6.45) is 1.59. The monoisotopic (exact) mass is 347 g/mol. The Balaban J connectivity index is 2.20. The van der Waals surface area contributed by atoms with Crippen LogP contribution < -0.4 is 0 Å². The predicted molar refractivity (Wildman–Crippen MR) is 81.1 cm³/mol. The maximum Gasteiger partial charge on any atom is 0.264 e. The molecule has 0 amide bonds. The van der Waals surface area contributed by atoms with Crippen molar-refractivity contribution in [3.05, 3.63) is 29.8 Å². The Kier molecular flexibility index (Phi) is 4.59. The molecule has 22 heavy (non-hydrogen) atoms. The zero-order chi connectivity index (χ0) is 16.5. The number of benzene rings is 1. The summed E-state index contributed by atoms with van der Waals surface area (Å²) < 4.78 is 55.4. The molecule has 7 nitrogen and oxygen atoms in total.